The molecule has 5 heteroatoms. The molecule has 1 aromatic rings. The van der Waals surface area contributed by atoms with Crippen LogP contribution in [0.1, 0.15) is 13.8 Å². The predicted octanol–water partition coefficient (Wildman–Crippen LogP) is 2.54. The number of anilines is 1. The highest BCUT2D eigenvalue weighted by molar-refractivity contribution is 8.15. The van der Waals surface area contributed by atoms with E-state index in [1.54, 1.807) is 12.0 Å². The fraction of sp³-hybridized carbons (Fsp3) is 0.385. The van der Waals surface area contributed by atoms with Crippen molar-refractivity contribution in [1.29, 1.82) is 0 Å². The zero-order valence-corrected chi connectivity index (χ0v) is 11.5. The molecule has 1 heterocycles. The van der Waals surface area contributed by atoms with Gasteiger partial charge in [-0.2, -0.15) is 0 Å². The molecule has 0 aliphatic carbocycles. The van der Waals surface area contributed by atoms with Crippen molar-refractivity contribution in [2.24, 2.45) is 4.99 Å². The molecule has 2 rings (SSSR count). The second-order valence-corrected chi connectivity index (χ2v) is 5.17. The first-order valence-corrected chi connectivity index (χ1v) is 6.78. The molecule has 0 N–H and O–H groups in total. The number of carbonyl (C=O) groups excluding carboxylic acids is 1. The lowest BCUT2D eigenvalue weighted by Gasteiger charge is -2.17. The van der Waals surface area contributed by atoms with E-state index in [9.17, 15) is 4.79 Å². The number of hydrogen-bond acceptors (Lipinski definition) is 4. The number of aliphatic imine (C=N–C) groups is 1. The van der Waals surface area contributed by atoms with Crippen LogP contribution in [0.25, 0.3) is 0 Å². The first-order chi connectivity index (χ1) is 8.61. The maximum absolute atomic E-state index is 11.9. The van der Waals surface area contributed by atoms with Gasteiger partial charge in [-0.05, 0) is 26.0 Å². The van der Waals surface area contributed by atoms with Crippen LogP contribution in [-0.4, -0.2) is 30.0 Å². The number of amides is 1. The molecule has 0 bridgehead atoms. The van der Waals surface area contributed by atoms with Crippen LogP contribution in [0.2, 0.25) is 0 Å². The Labute approximate surface area is 111 Å². The Morgan fingerprint density at radius 2 is 2.22 bits per heavy atom. The second kappa shape index (κ2) is 5.44. The van der Waals surface area contributed by atoms with Gasteiger partial charge in [-0.3, -0.25) is 14.7 Å². The summed E-state index contributed by atoms with van der Waals surface area (Å²) in [7, 11) is 1.61. The van der Waals surface area contributed by atoms with Gasteiger partial charge >= 0.3 is 0 Å². The molecule has 96 valence electrons. The maximum atomic E-state index is 11.9. The standard InChI is InChI=1S/C13H16N2O2S/c1-9(2)14-13-15(12(16)8-18-13)10-5-4-6-11(7-10)17-3/h4-7,9H,8H2,1-3H3. The average Bonchev–Trinajstić information content (AvgIpc) is 2.70. The summed E-state index contributed by atoms with van der Waals surface area (Å²) in [5.41, 5.74) is 0.809. The van der Waals surface area contributed by atoms with E-state index in [1.165, 1.54) is 11.8 Å². The molecule has 1 amide bonds. The third-order valence-corrected chi connectivity index (χ3v) is 3.38. The van der Waals surface area contributed by atoms with Gasteiger partial charge in [0.25, 0.3) is 0 Å². The Kier molecular flexibility index (Phi) is 3.91. The molecular weight excluding hydrogens is 248 g/mol. The van der Waals surface area contributed by atoms with Gasteiger partial charge < -0.3 is 4.74 Å². The van der Waals surface area contributed by atoms with Crippen LogP contribution in [-0.2, 0) is 4.79 Å². The van der Waals surface area contributed by atoms with Crippen molar-refractivity contribution in [2.45, 2.75) is 19.9 Å². The quantitative estimate of drug-likeness (QED) is 0.842. The van der Waals surface area contributed by atoms with E-state index in [4.69, 9.17) is 4.74 Å². The summed E-state index contributed by atoms with van der Waals surface area (Å²) in [6.07, 6.45) is 0. The Morgan fingerprint density at radius 3 is 2.89 bits per heavy atom. The summed E-state index contributed by atoms with van der Waals surface area (Å²) >= 11 is 1.48. The lowest BCUT2D eigenvalue weighted by Crippen LogP contribution is -2.29. The Balaban J connectivity index is 2.36. The highest BCUT2D eigenvalue weighted by Crippen LogP contribution is 2.29. The van der Waals surface area contributed by atoms with E-state index >= 15 is 0 Å². The van der Waals surface area contributed by atoms with Gasteiger partial charge in [-0.1, -0.05) is 17.8 Å². The molecule has 4 nitrogen and oxygen atoms in total. The molecular formula is C13H16N2O2S. The lowest BCUT2D eigenvalue weighted by molar-refractivity contribution is -0.115. The number of carbonyl (C=O) groups is 1. The molecule has 0 saturated carbocycles. The zero-order valence-electron chi connectivity index (χ0n) is 10.7. The highest BCUT2D eigenvalue weighted by atomic mass is 32.2. The largest absolute Gasteiger partial charge is 0.497 e. The minimum Gasteiger partial charge on any atom is -0.497 e. The smallest absolute Gasteiger partial charge is 0.243 e. The zero-order chi connectivity index (χ0) is 13.1. The number of nitrogens with zero attached hydrogens (tertiary/aromatic N) is 2. The summed E-state index contributed by atoms with van der Waals surface area (Å²) in [6, 6.07) is 7.64. The van der Waals surface area contributed by atoms with Crippen molar-refractivity contribution in [3.8, 4) is 5.75 Å². The van der Waals surface area contributed by atoms with Gasteiger partial charge in [0.05, 0.1) is 18.6 Å². The van der Waals surface area contributed by atoms with Crippen LogP contribution < -0.4 is 9.64 Å². The van der Waals surface area contributed by atoms with Gasteiger partial charge in [0.15, 0.2) is 5.17 Å². The molecule has 0 atom stereocenters. The summed E-state index contributed by atoms with van der Waals surface area (Å²) in [6.45, 7) is 4.00. The second-order valence-electron chi connectivity index (χ2n) is 4.22. The van der Waals surface area contributed by atoms with Crippen molar-refractivity contribution < 1.29 is 9.53 Å². The molecule has 1 fully saturated rings. The summed E-state index contributed by atoms with van der Waals surface area (Å²) in [5.74, 6) is 1.25. The minimum atomic E-state index is 0.0626. The van der Waals surface area contributed by atoms with E-state index in [0.717, 1.165) is 16.6 Å². The molecule has 0 radical (unpaired) electrons. The normalized spacial score (nSPS) is 17.9. The average molecular weight is 264 g/mol. The Bertz CT molecular complexity index is 486. The van der Waals surface area contributed by atoms with Crippen LogP contribution in [0.5, 0.6) is 5.75 Å². The van der Waals surface area contributed by atoms with E-state index < -0.39 is 0 Å². The summed E-state index contributed by atoms with van der Waals surface area (Å²) in [5, 5.41) is 0.767. The van der Waals surface area contributed by atoms with E-state index in [0.29, 0.717) is 5.75 Å². The molecule has 0 spiro atoms. The molecule has 1 saturated heterocycles. The predicted molar refractivity (Wildman–Crippen MR) is 75.5 cm³/mol. The molecule has 1 aliphatic heterocycles. The first-order valence-electron chi connectivity index (χ1n) is 5.79. The fourth-order valence-electron chi connectivity index (χ4n) is 1.68. The van der Waals surface area contributed by atoms with Crippen LogP contribution in [0.3, 0.4) is 0 Å². The molecule has 18 heavy (non-hydrogen) atoms. The van der Waals surface area contributed by atoms with Gasteiger partial charge in [0.2, 0.25) is 5.91 Å². The third kappa shape index (κ3) is 2.67. The number of thioether (sulfide) groups is 1. The van der Waals surface area contributed by atoms with Crippen LogP contribution in [0.15, 0.2) is 29.3 Å². The molecule has 1 aromatic carbocycles. The third-order valence-electron chi connectivity index (χ3n) is 2.45. The van der Waals surface area contributed by atoms with Gasteiger partial charge in [-0.15, -0.1) is 0 Å². The van der Waals surface area contributed by atoms with Crippen molar-refractivity contribution in [3.63, 3.8) is 0 Å². The van der Waals surface area contributed by atoms with Crippen LogP contribution >= 0.6 is 11.8 Å². The Morgan fingerprint density at radius 1 is 1.44 bits per heavy atom. The Hall–Kier alpha value is -1.49. The number of benzene rings is 1. The summed E-state index contributed by atoms with van der Waals surface area (Å²) in [4.78, 5) is 18.1. The first kappa shape index (κ1) is 13.0. The van der Waals surface area contributed by atoms with Gasteiger partial charge in [0, 0.05) is 12.1 Å². The molecule has 0 unspecified atom stereocenters. The molecule has 0 aromatic heterocycles. The SMILES string of the molecule is COc1cccc(N2C(=O)CSC2=NC(C)C)c1. The number of rotatable bonds is 3. The van der Waals surface area contributed by atoms with Crippen molar-refractivity contribution >= 4 is 28.5 Å². The monoisotopic (exact) mass is 264 g/mol. The van der Waals surface area contributed by atoms with Gasteiger partial charge in [0.1, 0.15) is 5.75 Å². The maximum Gasteiger partial charge on any atom is 0.243 e. The lowest BCUT2D eigenvalue weighted by atomic mass is 10.3. The number of ether oxygens (including phenoxy) is 1. The van der Waals surface area contributed by atoms with E-state index in [2.05, 4.69) is 4.99 Å². The number of methoxy groups -OCH3 is 1. The molecule has 1 aliphatic rings. The van der Waals surface area contributed by atoms with E-state index in [1.807, 2.05) is 38.1 Å². The van der Waals surface area contributed by atoms with Crippen molar-refractivity contribution in [1.82, 2.24) is 0 Å². The van der Waals surface area contributed by atoms with Gasteiger partial charge in [-0.25, -0.2) is 0 Å². The number of hydrogen-bond donors (Lipinski definition) is 0. The van der Waals surface area contributed by atoms with Crippen LogP contribution in [0.4, 0.5) is 5.69 Å². The summed E-state index contributed by atoms with van der Waals surface area (Å²) < 4.78 is 5.18. The topological polar surface area (TPSA) is 41.9 Å². The van der Waals surface area contributed by atoms with Crippen LogP contribution in [0, 0.1) is 0 Å². The van der Waals surface area contributed by atoms with Crippen molar-refractivity contribution in [3.05, 3.63) is 24.3 Å². The number of amidine groups is 1. The minimum absolute atomic E-state index is 0.0626. The van der Waals surface area contributed by atoms with E-state index in [-0.39, 0.29) is 11.9 Å². The fourth-order valence-corrected chi connectivity index (χ4v) is 2.69. The highest BCUT2D eigenvalue weighted by Gasteiger charge is 2.29. The van der Waals surface area contributed by atoms with Crippen molar-refractivity contribution in [2.75, 3.05) is 17.8 Å².